The fourth-order valence-electron chi connectivity index (χ4n) is 2.25. The van der Waals surface area contributed by atoms with Gasteiger partial charge in [-0.1, -0.05) is 29.8 Å². The van der Waals surface area contributed by atoms with Crippen LogP contribution in [0.4, 0.5) is 5.69 Å². The van der Waals surface area contributed by atoms with Gasteiger partial charge in [0.25, 0.3) is 5.91 Å². The van der Waals surface area contributed by atoms with Crippen LogP contribution in [0, 0.1) is 6.92 Å². The van der Waals surface area contributed by atoms with Crippen LogP contribution in [0.25, 0.3) is 0 Å². The monoisotopic (exact) mass is 326 g/mol. The Morgan fingerprint density at radius 3 is 2.25 bits per heavy atom. The Morgan fingerprint density at radius 2 is 1.71 bits per heavy atom. The number of ether oxygens (including phenoxy) is 1. The standard InChI is InChI=1S/C20H26N2O2/c1-5-22(19-12-6-16(4)7-13-19)21-20(23)18-10-8-17(9-11-18)14-24-15(2)3/h6-13,15H,5,14H2,1-4H3,(H,21,23). The lowest BCUT2D eigenvalue weighted by Crippen LogP contribution is -2.42. The second kappa shape index (κ2) is 8.50. The Balaban J connectivity index is 2.01. The topological polar surface area (TPSA) is 41.6 Å². The van der Waals surface area contributed by atoms with E-state index in [2.05, 4.69) is 5.43 Å². The van der Waals surface area contributed by atoms with Crippen molar-refractivity contribution in [2.75, 3.05) is 11.6 Å². The van der Waals surface area contributed by atoms with Gasteiger partial charge in [-0.3, -0.25) is 15.2 Å². The number of hydrogen-bond donors (Lipinski definition) is 1. The first-order valence-electron chi connectivity index (χ1n) is 8.35. The van der Waals surface area contributed by atoms with Crippen LogP contribution in [0.1, 0.15) is 42.3 Å². The molecule has 2 rings (SSSR count). The SMILES string of the molecule is CCN(NC(=O)c1ccc(COC(C)C)cc1)c1ccc(C)cc1. The first-order chi connectivity index (χ1) is 11.5. The van der Waals surface area contributed by atoms with Gasteiger partial charge in [0.2, 0.25) is 0 Å². The van der Waals surface area contributed by atoms with Gasteiger partial charge in [0.15, 0.2) is 0 Å². The lowest BCUT2D eigenvalue weighted by Gasteiger charge is -2.24. The molecule has 2 aromatic rings. The molecule has 0 spiro atoms. The number of anilines is 1. The molecule has 0 atom stereocenters. The van der Waals surface area contributed by atoms with Gasteiger partial charge >= 0.3 is 0 Å². The average molecular weight is 326 g/mol. The number of rotatable bonds is 7. The summed E-state index contributed by atoms with van der Waals surface area (Å²) >= 11 is 0. The molecule has 0 aliphatic rings. The van der Waals surface area contributed by atoms with Crippen molar-refractivity contribution in [3.05, 3.63) is 65.2 Å². The molecule has 0 heterocycles. The quantitative estimate of drug-likeness (QED) is 0.779. The molecule has 0 saturated heterocycles. The van der Waals surface area contributed by atoms with Crippen molar-refractivity contribution < 1.29 is 9.53 Å². The number of hydrogen-bond acceptors (Lipinski definition) is 3. The third-order valence-corrected chi connectivity index (χ3v) is 3.70. The Labute approximate surface area is 144 Å². The number of carbonyl (C=O) groups is 1. The molecule has 0 aliphatic carbocycles. The molecule has 24 heavy (non-hydrogen) atoms. The normalized spacial score (nSPS) is 10.7. The predicted molar refractivity (Wildman–Crippen MR) is 98.0 cm³/mol. The molecule has 4 heteroatoms. The molecule has 0 aromatic heterocycles. The number of aryl methyl sites for hydroxylation is 1. The first kappa shape index (κ1) is 18.0. The summed E-state index contributed by atoms with van der Waals surface area (Å²) in [6.07, 6.45) is 0.195. The Morgan fingerprint density at radius 1 is 1.08 bits per heavy atom. The maximum Gasteiger partial charge on any atom is 0.269 e. The lowest BCUT2D eigenvalue weighted by atomic mass is 10.1. The first-order valence-corrected chi connectivity index (χ1v) is 8.35. The van der Waals surface area contributed by atoms with E-state index in [1.807, 2.05) is 81.2 Å². The van der Waals surface area contributed by atoms with Gasteiger partial charge < -0.3 is 4.74 Å². The Kier molecular flexibility index (Phi) is 6.38. The zero-order chi connectivity index (χ0) is 17.5. The van der Waals surface area contributed by atoms with Gasteiger partial charge in [0.1, 0.15) is 0 Å². The van der Waals surface area contributed by atoms with Gasteiger partial charge in [0.05, 0.1) is 18.4 Å². The van der Waals surface area contributed by atoms with Crippen molar-refractivity contribution in [1.82, 2.24) is 5.43 Å². The van der Waals surface area contributed by atoms with Gasteiger partial charge in [-0.2, -0.15) is 0 Å². The highest BCUT2D eigenvalue weighted by atomic mass is 16.5. The molecule has 0 radical (unpaired) electrons. The molecule has 0 bridgehead atoms. The minimum atomic E-state index is -0.117. The molecule has 1 amide bonds. The zero-order valence-electron chi connectivity index (χ0n) is 14.9. The maximum atomic E-state index is 12.4. The average Bonchev–Trinajstić information content (AvgIpc) is 2.59. The Hall–Kier alpha value is -2.33. The van der Waals surface area contributed by atoms with Gasteiger partial charge in [-0.05, 0) is 57.5 Å². The summed E-state index contributed by atoms with van der Waals surface area (Å²) < 4.78 is 5.57. The number of benzene rings is 2. The predicted octanol–water partition coefficient (Wildman–Crippen LogP) is 4.09. The molecular formula is C20H26N2O2. The smallest absolute Gasteiger partial charge is 0.269 e. The van der Waals surface area contributed by atoms with Crippen LogP contribution in [0.3, 0.4) is 0 Å². The molecule has 4 nitrogen and oxygen atoms in total. The molecule has 0 aliphatic heterocycles. The van der Waals surface area contributed by atoms with E-state index in [1.54, 1.807) is 0 Å². The summed E-state index contributed by atoms with van der Waals surface area (Å²) in [7, 11) is 0. The number of nitrogens with zero attached hydrogens (tertiary/aromatic N) is 1. The van der Waals surface area contributed by atoms with Crippen LogP contribution < -0.4 is 10.4 Å². The van der Waals surface area contributed by atoms with E-state index >= 15 is 0 Å². The van der Waals surface area contributed by atoms with Gasteiger partial charge in [0, 0.05) is 12.1 Å². The van der Waals surface area contributed by atoms with E-state index in [0.717, 1.165) is 11.3 Å². The fourth-order valence-corrected chi connectivity index (χ4v) is 2.25. The summed E-state index contributed by atoms with van der Waals surface area (Å²) in [5.74, 6) is -0.117. The van der Waals surface area contributed by atoms with Crippen LogP contribution in [0.5, 0.6) is 0 Å². The highest BCUT2D eigenvalue weighted by Crippen LogP contribution is 2.14. The van der Waals surface area contributed by atoms with Crippen LogP contribution >= 0.6 is 0 Å². The Bertz CT molecular complexity index is 648. The van der Waals surface area contributed by atoms with Crippen molar-refractivity contribution in [2.24, 2.45) is 0 Å². The van der Waals surface area contributed by atoms with E-state index in [0.29, 0.717) is 18.7 Å². The minimum absolute atomic E-state index is 0.117. The van der Waals surface area contributed by atoms with Gasteiger partial charge in [-0.25, -0.2) is 0 Å². The summed E-state index contributed by atoms with van der Waals surface area (Å²) in [5, 5.41) is 1.84. The molecule has 2 aromatic carbocycles. The summed E-state index contributed by atoms with van der Waals surface area (Å²) in [6.45, 7) is 9.31. The van der Waals surface area contributed by atoms with E-state index < -0.39 is 0 Å². The van der Waals surface area contributed by atoms with E-state index in [9.17, 15) is 4.79 Å². The molecule has 1 N–H and O–H groups in total. The third kappa shape index (κ3) is 5.10. The summed E-state index contributed by atoms with van der Waals surface area (Å²) in [5.41, 5.74) is 6.81. The number of nitrogens with one attached hydrogen (secondary N) is 1. The fraction of sp³-hybridized carbons (Fsp3) is 0.350. The maximum absolute atomic E-state index is 12.4. The third-order valence-electron chi connectivity index (χ3n) is 3.70. The second-order valence-electron chi connectivity index (χ2n) is 6.08. The summed E-state index contributed by atoms with van der Waals surface area (Å²) in [4.78, 5) is 12.4. The van der Waals surface area contributed by atoms with Crippen LogP contribution in [-0.2, 0) is 11.3 Å². The van der Waals surface area contributed by atoms with Crippen molar-refractivity contribution in [3.63, 3.8) is 0 Å². The van der Waals surface area contributed by atoms with Crippen molar-refractivity contribution in [3.8, 4) is 0 Å². The number of carbonyl (C=O) groups excluding carboxylic acids is 1. The lowest BCUT2D eigenvalue weighted by molar-refractivity contribution is 0.0657. The highest BCUT2D eigenvalue weighted by molar-refractivity contribution is 5.95. The van der Waals surface area contributed by atoms with E-state index in [1.165, 1.54) is 5.56 Å². The molecule has 0 saturated carbocycles. The second-order valence-corrected chi connectivity index (χ2v) is 6.08. The molecular weight excluding hydrogens is 300 g/mol. The van der Waals surface area contributed by atoms with E-state index in [4.69, 9.17) is 4.74 Å². The number of amides is 1. The van der Waals surface area contributed by atoms with Crippen LogP contribution in [0.2, 0.25) is 0 Å². The van der Waals surface area contributed by atoms with Crippen molar-refractivity contribution in [1.29, 1.82) is 0 Å². The van der Waals surface area contributed by atoms with Crippen molar-refractivity contribution in [2.45, 2.75) is 40.4 Å². The van der Waals surface area contributed by atoms with Crippen LogP contribution in [0.15, 0.2) is 48.5 Å². The number of hydrazine groups is 1. The minimum Gasteiger partial charge on any atom is -0.374 e. The molecule has 128 valence electrons. The largest absolute Gasteiger partial charge is 0.374 e. The summed E-state index contributed by atoms with van der Waals surface area (Å²) in [6, 6.07) is 15.6. The zero-order valence-corrected chi connectivity index (χ0v) is 14.9. The van der Waals surface area contributed by atoms with Crippen LogP contribution in [-0.4, -0.2) is 18.6 Å². The molecule has 0 fully saturated rings. The molecule has 0 unspecified atom stereocenters. The van der Waals surface area contributed by atoms with Gasteiger partial charge in [-0.15, -0.1) is 0 Å². The van der Waals surface area contributed by atoms with Crippen molar-refractivity contribution >= 4 is 11.6 Å². The van der Waals surface area contributed by atoms with E-state index in [-0.39, 0.29) is 12.0 Å². The highest BCUT2D eigenvalue weighted by Gasteiger charge is 2.11.